The van der Waals surface area contributed by atoms with Gasteiger partial charge in [-0.1, -0.05) is 6.07 Å². The van der Waals surface area contributed by atoms with Gasteiger partial charge < -0.3 is 10.5 Å². The lowest BCUT2D eigenvalue weighted by atomic mass is 9.98. The number of rotatable bonds is 4. The molecule has 0 spiro atoms. The maximum Gasteiger partial charge on any atom is 0.405 e. The molecular weight excluding hydrogens is 252 g/mol. The summed E-state index contributed by atoms with van der Waals surface area (Å²) in [6.07, 6.45) is 0.612. The van der Waals surface area contributed by atoms with Gasteiger partial charge in [-0.2, -0.15) is 0 Å². The smallest absolute Gasteiger partial charge is 0.405 e. The van der Waals surface area contributed by atoms with Crippen LogP contribution < -0.4 is 5.73 Å². The molecule has 1 fully saturated rings. The van der Waals surface area contributed by atoms with Gasteiger partial charge in [-0.15, -0.1) is 0 Å². The zero-order chi connectivity index (χ0) is 14.2. The van der Waals surface area contributed by atoms with Gasteiger partial charge in [-0.25, -0.2) is 13.6 Å². The van der Waals surface area contributed by atoms with Crippen molar-refractivity contribution >= 4 is 6.09 Å². The molecule has 1 saturated carbocycles. The van der Waals surface area contributed by atoms with Gasteiger partial charge in [0, 0.05) is 6.07 Å². The monoisotopic (exact) mass is 269 g/mol. The number of nitrogens with two attached hydrogens (primary N) is 1. The SMILES string of the molecule is CC(C)(CC1CC1c1ccc(F)cc1F)OC(N)=O. The van der Waals surface area contributed by atoms with Crippen LogP contribution in [0.1, 0.15) is 38.2 Å². The first-order chi connectivity index (χ1) is 8.78. The number of carbonyl (C=O) groups excluding carboxylic acids is 1. The average molecular weight is 269 g/mol. The standard InChI is InChI=1S/C14H17F2NO2/c1-14(2,19-13(17)18)7-8-5-11(8)10-4-3-9(15)6-12(10)16/h3-4,6,8,11H,5,7H2,1-2H3,(H2,17,18). The molecule has 2 rings (SSSR count). The van der Waals surface area contributed by atoms with E-state index in [9.17, 15) is 13.6 Å². The fourth-order valence-corrected chi connectivity index (χ4v) is 2.60. The van der Waals surface area contributed by atoms with Crippen LogP contribution in [0, 0.1) is 17.6 Å². The summed E-state index contributed by atoms with van der Waals surface area (Å²) in [5.74, 6) is -0.789. The number of ether oxygens (including phenoxy) is 1. The van der Waals surface area contributed by atoms with E-state index >= 15 is 0 Å². The molecule has 2 atom stereocenters. The number of primary amides is 1. The van der Waals surface area contributed by atoms with Gasteiger partial charge >= 0.3 is 6.09 Å². The highest BCUT2D eigenvalue weighted by Crippen LogP contribution is 2.52. The fraction of sp³-hybridized carbons (Fsp3) is 0.500. The Hall–Kier alpha value is -1.65. The highest BCUT2D eigenvalue weighted by molar-refractivity contribution is 5.65. The lowest BCUT2D eigenvalue weighted by Crippen LogP contribution is -2.31. The summed E-state index contributed by atoms with van der Waals surface area (Å²) in [7, 11) is 0. The van der Waals surface area contributed by atoms with Crippen LogP contribution in [-0.2, 0) is 4.74 Å². The highest BCUT2D eigenvalue weighted by Gasteiger charge is 2.43. The van der Waals surface area contributed by atoms with Crippen LogP contribution in [0.2, 0.25) is 0 Å². The third kappa shape index (κ3) is 3.43. The first kappa shape index (κ1) is 13.8. The maximum absolute atomic E-state index is 13.6. The fourth-order valence-electron chi connectivity index (χ4n) is 2.60. The van der Waals surface area contributed by atoms with Crippen LogP contribution in [0.15, 0.2) is 18.2 Å². The van der Waals surface area contributed by atoms with Crippen LogP contribution in [0.25, 0.3) is 0 Å². The number of halogens is 2. The van der Waals surface area contributed by atoms with Crippen LogP contribution in [0.4, 0.5) is 13.6 Å². The van der Waals surface area contributed by atoms with Gasteiger partial charge in [0.05, 0.1) is 0 Å². The lowest BCUT2D eigenvalue weighted by Gasteiger charge is -2.24. The molecule has 0 heterocycles. The van der Waals surface area contributed by atoms with E-state index in [1.165, 1.54) is 12.1 Å². The summed E-state index contributed by atoms with van der Waals surface area (Å²) in [5, 5.41) is 0. The van der Waals surface area contributed by atoms with E-state index in [1.54, 1.807) is 13.8 Å². The van der Waals surface area contributed by atoms with Crippen molar-refractivity contribution in [1.82, 2.24) is 0 Å². The number of benzene rings is 1. The first-order valence-corrected chi connectivity index (χ1v) is 6.22. The largest absolute Gasteiger partial charge is 0.444 e. The molecule has 0 aliphatic heterocycles. The molecule has 1 aromatic rings. The van der Waals surface area contributed by atoms with E-state index in [0.717, 1.165) is 12.5 Å². The molecular formula is C14H17F2NO2. The van der Waals surface area contributed by atoms with Crippen molar-refractivity contribution in [2.24, 2.45) is 11.7 Å². The predicted molar refractivity (Wildman–Crippen MR) is 66.6 cm³/mol. The third-order valence-electron chi connectivity index (χ3n) is 3.42. The summed E-state index contributed by atoms with van der Waals surface area (Å²) < 4.78 is 31.5. The molecule has 1 amide bonds. The Morgan fingerprint density at radius 1 is 1.47 bits per heavy atom. The Morgan fingerprint density at radius 2 is 2.16 bits per heavy atom. The van der Waals surface area contributed by atoms with Crippen molar-refractivity contribution in [3.05, 3.63) is 35.4 Å². The molecule has 0 saturated heterocycles. The Balaban J connectivity index is 1.99. The van der Waals surface area contributed by atoms with Crippen molar-refractivity contribution in [2.45, 2.75) is 38.2 Å². The molecule has 1 aliphatic rings. The van der Waals surface area contributed by atoms with Gasteiger partial charge in [-0.3, -0.25) is 0 Å². The number of hydrogen-bond donors (Lipinski definition) is 1. The molecule has 1 aliphatic carbocycles. The van der Waals surface area contributed by atoms with E-state index in [4.69, 9.17) is 10.5 Å². The summed E-state index contributed by atoms with van der Waals surface area (Å²) >= 11 is 0. The summed E-state index contributed by atoms with van der Waals surface area (Å²) in [4.78, 5) is 10.8. The van der Waals surface area contributed by atoms with Gasteiger partial charge in [0.25, 0.3) is 0 Å². The minimum Gasteiger partial charge on any atom is -0.444 e. The highest BCUT2D eigenvalue weighted by atomic mass is 19.1. The zero-order valence-electron chi connectivity index (χ0n) is 11.0. The lowest BCUT2D eigenvalue weighted by molar-refractivity contribution is 0.0345. The number of amides is 1. The van der Waals surface area contributed by atoms with Crippen LogP contribution >= 0.6 is 0 Å². The van der Waals surface area contributed by atoms with Crippen molar-refractivity contribution in [2.75, 3.05) is 0 Å². The Kier molecular flexibility index (Phi) is 3.47. The van der Waals surface area contributed by atoms with Crippen LogP contribution in [0.3, 0.4) is 0 Å². The Labute approximate surface area is 110 Å². The topological polar surface area (TPSA) is 52.3 Å². The Morgan fingerprint density at radius 3 is 2.74 bits per heavy atom. The van der Waals surface area contributed by atoms with Crippen molar-refractivity contribution < 1.29 is 18.3 Å². The Bertz CT molecular complexity index is 502. The number of carbonyl (C=O) groups is 1. The van der Waals surface area contributed by atoms with Crippen LogP contribution in [0.5, 0.6) is 0 Å². The van der Waals surface area contributed by atoms with Gasteiger partial charge in [0.15, 0.2) is 0 Å². The van der Waals surface area contributed by atoms with Gasteiger partial charge in [-0.05, 0) is 50.2 Å². The van der Waals surface area contributed by atoms with E-state index in [1.807, 2.05) is 0 Å². The van der Waals surface area contributed by atoms with Gasteiger partial charge in [0.1, 0.15) is 17.2 Å². The molecule has 1 aromatic carbocycles. The minimum atomic E-state index is -0.810. The summed E-state index contributed by atoms with van der Waals surface area (Å²) in [6.45, 7) is 3.54. The van der Waals surface area contributed by atoms with E-state index in [-0.39, 0.29) is 11.8 Å². The van der Waals surface area contributed by atoms with Crippen molar-refractivity contribution in [3.8, 4) is 0 Å². The second kappa shape index (κ2) is 4.79. The van der Waals surface area contributed by atoms with Gasteiger partial charge in [0.2, 0.25) is 0 Å². The maximum atomic E-state index is 13.6. The quantitative estimate of drug-likeness (QED) is 0.911. The average Bonchev–Trinajstić information content (AvgIpc) is 2.93. The van der Waals surface area contributed by atoms with E-state index in [0.29, 0.717) is 12.0 Å². The normalized spacial score (nSPS) is 22.1. The summed E-state index contributed by atoms with van der Waals surface area (Å²) in [5.41, 5.74) is 4.86. The molecule has 104 valence electrons. The van der Waals surface area contributed by atoms with Crippen molar-refractivity contribution in [1.29, 1.82) is 0 Å². The van der Waals surface area contributed by atoms with E-state index < -0.39 is 23.3 Å². The molecule has 2 N–H and O–H groups in total. The second-order valence-electron chi connectivity index (χ2n) is 5.65. The minimum absolute atomic E-state index is 0.0661. The molecule has 0 aromatic heterocycles. The molecule has 3 nitrogen and oxygen atoms in total. The zero-order valence-corrected chi connectivity index (χ0v) is 11.0. The summed E-state index contributed by atoms with van der Waals surface area (Å²) in [6, 6.07) is 3.64. The van der Waals surface area contributed by atoms with E-state index in [2.05, 4.69) is 0 Å². The molecule has 0 bridgehead atoms. The molecule has 0 radical (unpaired) electrons. The number of hydrogen-bond acceptors (Lipinski definition) is 2. The second-order valence-corrected chi connectivity index (χ2v) is 5.65. The van der Waals surface area contributed by atoms with Crippen LogP contribution in [-0.4, -0.2) is 11.7 Å². The molecule has 5 heteroatoms. The predicted octanol–water partition coefficient (Wildman–Crippen LogP) is 3.33. The first-order valence-electron chi connectivity index (χ1n) is 6.22. The third-order valence-corrected chi connectivity index (χ3v) is 3.42. The molecule has 2 unspecified atom stereocenters. The molecule has 19 heavy (non-hydrogen) atoms. The van der Waals surface area contributed by atoms with Crippen molar-refractivity contribution in [3.63, 3.8) is 0 Å².